The molecule has 0 atom stereocenters. The van der Waals surface area contributed by atoms with Gasteiger partial charge in [-0.1, -0.05) is 26.0 Å². The highest BCUT2D eigenvalue weighted by molar-refractivity contribution is 6.37. The molecule has 2 amide bonds. The van der Waals surface area contributed by atoms with Crippen molar-refractivity contribution >= 4 is 28.5 Å². The van der Waals surface area contributed by atoms with Crippen molar-refractivity contribution in [1.29, 1.82) is 0 Å². The van der Waals surface area contributed by atoms with E-state index in [9.17, 15) is 9.59 Å². The SMILES string of the molecule is Cc1[nH]nc2ncc3c(c12)C(=O)N(c1ccc(C(C)C)cc1)C3=O. The van der Waals surface area contributed by atoms with Crippen LogP contribution in [0, 0.1) is 6.92 Å². The summed E-state index contributed by atoms with van der Waals surface area (Å²) in [4.78, 5) is 31.1. The van der Waals surface area contributed by atoms with Gasteiger partial charge in [-0.25, -0.2) is 9.88 Å². The van der Waals surface area contributed by atoms with Crippen molar-refractivity contribution in [3.05, 3.63) is 52.8 Å². The number of carbonyl (C=O) groups excluding carboxylic acids is 2. The average Bonchev–Trinajstić information content (AvgIpc) is 3.06. The van der Waals surface area contributed by atoms with Crippen LogP contribution in [0.25, 0.3) is 11.0 Å². The van der Waals surface area contributed by atoms with E-state index in [0.717, 1.165) is 11.3 Å². The van der Waals surface area contributed by atoms with Crippen molar-refractivity contribution < 1.29 is 9.59 Å². The maximum Gasteiger partial charge on any atom is 0.267 e. The van der Waals surface area contributed by atoms with Crippen LogP contribution in [0.5, 0.6) is 0 Å². The van der Waals surface area contributed by atoms with Crippen molar-refractivity contribution in [2.75, 3.05) is 4.90 Å². The van der Waals surface area contributed by atoms with Gasteiger partial charge >= 0.3 is 0 Å². The predicted octanol–water partition coefficient (Wildman–Crippen LogP) is 3.19. The third kappa shape index (κ3) is 1.89. The molecule has 1 aliphatic rings. The summed E-state index contributed by atoms with van der Waals surface area (Å²) in [7, 11) is 0. The Bertz CT molecular complexity index is 986. The van der Waals surface area contributed by atoms with Crippen LogP contribution in [0.4, 0.5) is 5.69 Å². The highest BCUT2D eigenvalue weighted by Gasteiger charge is 2.39. The van der Waals surface area contributed by atoms with Gasteiger partial charge in [0.2, 0.25) is 0 Å². The molecular weight excluding hydrogens is 304 g/mol. The van der Waals surface area contributed by atoms with Crippen LogP contribution >= 0.6 is 0 Å². The Morgan fingerprint density at radius 2 is 1.79 bits per heavy atom. The topological polar surface area (TPSA) is 79.0 Å². The molecule has 1 aliphatic heterocycles. The number of anilines is 1. The van der Waals surface area contributed by atoms with Crippen molar-refractivity contribution in [2.45, 2.75) is 26.7 Å². The predicted molar refractivity (Wildman–Crippen MR) is 90.3 cm³/mol. The molecule has 1 N–H and O–H groups in total. The Kier molecular flexibility index (Phi) is 3.03. The molecule has 24 heavy (non-hydrogen) atoms. The van der Waals surface area contributed by atoms with E-state index in [2.05, 4.69) is 29.0 Å². The molecule has 120 valence electrons. The lowest BCUT2D eigenvalue weighted by Gasteiger charge is -2.15. The van der Waals surface area contributed by atoms with E-state index in [0.29, 0.717) is 33.8 Å². The summed E-state index contributed by atoms with van der Waals surface area (Å²) >= 11 is 0. The fraction of sp³-hybridized carbons (Fsp3) is 0.222. The van der Waals surface area contributed by atoms with Crippen molar-refractivity contribution in [2.24, 2.45) is 0 Å². The quantitative estimate of drug-likeness (QED) is 0.735. The maximum absolute atomic E-state index is 12.9. The van der Waals surface area contributed by atoms with E-state index < -0.39 is 0 Å². The zero-order valence-corrected chi connectivity index (χ0v) is 13.6. The van der Waals surface area contributed by atoms with E-state index in [1.807, 2.05) is 31.2 Å². The van der Waals surface area contributed by atoms with Gasteiger partial charge in [-0.2, -0.15) is 5.10 Å². The third-order valence-electron chi connectivity index (χ3n) is 4.43. The summed E-state index contributed by atoms with van der Waals surface area (Å²) in [5, 5.41) is 7.51. The van der Waals surface area contributed by atoms with Gasteiger partial charge in [-0.3, -0.25) is 14.7 Å². The molecule has 0 aliphatic carbocycles. The molecule has 0 radical (unpaired) electrons. The summed E-state index contributed by atoms with van der Waals surface area (Å²) in [6, 6.07) is 7.51. The maximum atomic E-state index is 12.9. The number of rotatable bonds is 2. The molecule has 4 rings (SSSR count). The fourth-order valence-electron chi connectivity index (χ4n) is 3.09. The average molecular weight is 320 g/mol. The number of fused-ring (bicyclic) bond motifs is 3. The molecule has 3 aromatic rings. The number of aromatic amines is 1. The lowest BCUT2D eigenvalue weighted by atomic mass is 10.0. The number of nitrogens with zero attached hydrogens (tertiary/aromatic N) is 3. The van der Waals surface area contributed by atoms with E-state index in [1.54, 1.807) is 0 Å². The molecule has 3 heterocycles. The monoisotopic (exact) mass is 320 g/mol. The highest BCUT2D eigenvalue weighted by atomic mass is 16.2. The number of carbonyl (C=O) groups is 2. The van der Waals surface area contributed by atoms with Crippen LogP contribution in [-0.2, 0) is 0 Å². The number of aryl methyl sites for hydroxylation is 1. The highest BCUT2D eigenvalue weighted by Crippen LogP contribution is 2.33. The van der Waals surface area contributed by atoms with Crippen LogP contribution in [0.2, 0.25) is 0 Å². The van der Waals surface area contributed by atoms with Gasteiger partial charge in [-0.05, 0) is 30.5 Å². The number of benzene rings is 1. The number of hydrogen-bond acceptors (Lipinski definition) is 4. The summed E-state index contributed by atoms with van der Waals surface area (Å²) in [6.45, 7) is 6.01. The minimum atomic E-state index is -0.345. The first-order valence-electron chi connectivity index (χ1n) is 7.81. The van der Waals surface area contributed by atoms with Gasteiger partial charge < -0.3 is 0 Å². The first kappa shape index (κ1) is 14.6. The van der Waals surface area contributed by atoms with Crippen molar-refractivity contribution in [3.8, 4) is 0 Å². The minimum Gasteiger partial charge on any atom is -0.280 e. The van der Waals surface area contributed by atoms with Gasteiger partial charge in [-0.15, -0.1) is 0 Å². The van der Waals surface area contributed by atoms with Crippen molar-refractivity contribution in [1.82, 2.24) is 15.2 Å². The molecule has 6 heteroatoms. The van der Waals surface area contributed by atoms with Gasteiger partial charge in [0.1, 0.15) is 0 Å². The van der Waals surface area contributed by atoms with Crippen LogP contribution in [0.1, 0.15) is 51.7 Å². The number of aromatic nitrogens is 3. The van der Waals surface area contributed by atoms with Gasteiger partial charge in [0.25, 0.3) is 11.8 Å². The lowest BCUT2D eigenvalue weighted by molar-refractivity contribution is 0.0926. The second-order valence-electron chi connectivity index (χ2n) is 6.29. The Balaban J connectivity index is 1.85. The summed E-state index contributed by atoms with van der Waals surface area (Å²) in [5.41, 5.74) is 3.61. The first-order valence-corrected chi connectivity index (χ1v) is 7.81. The van der Waals surface area contributed by atoms with Crippen molar-refractivity contribution in [3.63, 3.8) is 0 Å². The summed E-state index contributed by atoms with van der Waals surface area (Å²) in [5.74, 6) is -0.287. The van der Waals surface area contributed by atoms with Gasteiger partial charge in [0, 0.05) is 11.9 Å². The van der Waals surface area contributed by atoms with E-state index >= 15 is 0 Å². The number of imide groups is 1. The molecule has 1 aromatic carbocycles. The smallest absolute Gasteiger partial charge is 0.267 e. The normalized spacial score (nSPS) is 14.1. The molecule has 0 bridgehead atoms. The number of nitrogens with one attached hydrogen (secondary N) is 1. The zero-order chi connectivity index (χ0) is 17.0. The molecule has 0 spiro atoms. The number of hydrogen-bond donors (Lipinski definition) is 1. The lowest BCUT2D eigenvalue weighted by Crippen LogP contribution is -2.29. The van der Waals surface area contributed by atoms with Crippen LogP contribution in [0.15, 0.2) is 30.5 Å². The third-order valence-corrected chi connectivity index (χ3v) is 4.43. The summed E-state index contributed by atoms with van der Waals surface area (Å²) in [6.07, 6.45) is 1.43. The number of H-pyrrole nitrogens is 1. The number of amides is 2. The van der Waals surface area contributed by atoms with E-state index in [1.165, 1.54) is 11.1 Å². The molecule has 2 aromatic heterocycles. The van der Waals surface area contributed by atoms with E-state index in [-0.39, 0.29) is 11.8 Å². The standard InChI is InChI=1S/C18H16N4O2/c1-9(2)11-4-6-12(7-5-11)22-17(23)13-8-19-16-14(10(3)20-21-16)15(13)18(22)24/h4-9H,1-3H3,(H,19,20,21). The van der Waals surface area contributed by atoms with Crippen LogP contribution < -0.4 is 4.90 Å². The molecule has 0 fully saturated rings. The van der Waals surface area contributed by atoms with Gasteiger partial charge in [0.05, 0.1) is 22.2 Å². The second kappa shape index (κ2) is 4.99. The molecule has 0 unspecified atom stereocenters. The van der Waals surface area contributed by atoms with E-state index in [4.69, 9.17) is 0 Å². The zero-order valence-electron chi connectivity index (χ0n) is 13.6. The minimum absolute atomic E-state index is 0.324. The van der Waals surface area contributed by atoms with Crippen LogP contribution in [0.3, 0.4) is 0 Å². The molecule has 0 saturated heterocycles. The molecule has 0 saturated carbocycles. The van der Waals surface area contributed by atoms with Crippen LogP contribution in [-0.4, -0.2) is 27.0 Å². The first-order chi connectivity index (χ1) is 11.5. The largest absolute Gasteiger partial charge is 0.280 e. The summed E-state index contributed by atoms with van der Waals surface area (Å²) < 4.78 is 0. The fourth-order valence-corrected chi connectivity index (χ4v) is 3.09. The second-order valence-corrected chi connectivity index (χ2v) is 6.29. The molecule has 6 nitrogen and oxygen atoms in total. The Hall–Kier alpha value is -3.02. The number of pyridine rings is 1. The Morgan fingerprint density at radius 1 is 1.08 bits per heavy atom. The van der Waals surface area contributed by atoms with Gasteiger partial charge in [0.15, 0.2) is 5.65 Å². The Labute approximate surface area is 138 Å². The molecular formula is C18H16N4O2. The Morgan fingerprint density at radius 3 is 2.46 bits per heavy atom.